The minimum absolute atomic E-state index is 0.0396. The number of rotatable bonds is 4. The Labute approximate surface area is 178 Å². The molecule has 30 heavy (non-hydrogen) atoms. The molecule has 1 aromatic heterocycles. The Hall–Kier alpha value is -2.81. The number of hydrogen-bond donors (Lipinski definition) is 1. The van der Waals surface area contributed by atoms with Gasteiger partial charge >= 0.3 is 12.1 Å². The topological polar surface area (TPSA) is 111 Å². The molecule has 0 radical (unpaired) electrons. The number of carbonyl (C=O) groups excluding carboxylic acids is 1. The minimum Gasteiger partial charge on any atom is -0.493 e. The SMILES string of the molecule is COc1cc2ncnc(Cl)c2cc1O[C@@H]1CN(C(=O)OC(C)(C)C)[C@@](C)(C(=O)O)C1. The Balaban J connectivity index is 1.91. The van der Waals surface area contributed by atoms with Gasteiger partial charge in [0.2, 0.25) is 0 Å². The van der Waals surface area contributed by atoms with Gasteiger partial charge in [-0.25, -0.2) is 19.6 Å². The third-order valence-corrected chi connectivity index (χ3v) is 5.15. The highest BCUT2D eigenvalue weighted by Crippen LogP contribution is 2.38. The van der Waals surface area contributed by atoms with Crippen LogP contribution in [0, 0.1) is 0 Å². The Morgan fingerprint density at radius 3 is 2.57 bits per heavy atom. The molecule has 9 nitrogen and oxygen atoms in total. The van der Waals surface area contributed by atoms with Gasteiger partial charge in [-0.15, -0.1) is 0 Å². The van der Waals surface area contributed by atoms with Crippen LogP contribution in [0.5, 0.6) is 11.5 Å². The number of methoxy groups -OCH3 is 1. The summed E-state index contributed by atoms with van der Waals surface area (Å²) in [6, 6.07) is 3.31. The predicted octanol–water partition coefficient (Wildman–Crippen LogP) is 3.52. The quantitative estimate of drug-likeness (QED) is 0.723. The molecule has 3 rings (SSSR count). The predicted molar refractivity (Wildman–Crippen MR) is 109 cm³/mol. The number of benzene rings is 1. The number of likely N-dealkylation sites (tertiary alicyclic amines) is 1. The fourth-order valence-electron chi connectivity index (χ4n) is 3.36. The van der Waals surface area contributed by atoms with Crippen LogP contribution in [-0.4, -0.2) is 62.9 Å². The Morgan fingerprint density at radius 1 is 1.27 bits per heavy atom. The van der Waals surface area contributed by atoms with Crippen molar-refractivity contribution in [1.29, 1.82) is 0 Å². The number of aliphatic carboxylic acids is 1. The molecule has 1 fully saturated rings. The van der Waals surface area contributed by atoms with E-state index in [1.54, 1.807) is 32.9 Å². The zero-order chi connectivity index (χ0) is 22.3. The lowest BCUT2D eigenvalue weighted by Crippen LogP contribution is -2.52. The summed E-state index contributed by atoms with van der Waals surface area (Å²) in [5.41, 5.74) is -1.65. The fourth-order valence-corrected chi connectivity index (χ4v) is 3.56. The van der Waals surface area contributed by atoms with Crippen LogP contribution in [0.25, 0.3) is 10.9 Å². The molecule has 2 atom stereocenters. The second kappa shape index (κ2) is 7.79. The van der Waals surface area contributed by atoms with Gasteiger partial charge in [0, 0.05) is 17.9 Å². The highest BCUT2D eigenvalue weighted by molar-refractivity contribution is 6.34. The van der Waals surface area contributed by atoms with E-state index in [4.69, 9.17) is 25.8 Å². The molecule has 1 aliphatic rings. The monoisotopic (exact) mass is 437 g/mol. The lowest BCUT2D eigenvalue weighted by molar-refractivity contribution is -0.148. The second-order valence-electron chi connectivity index (χ2n) is 8.30. The second-order valence-corrected chi connectivity index (χ2v) is 8.66. The summed E-state index contributed by atoms with van der Waals surface area (Å²) in [6.45, 7) is 6.68. The fraction of sp³-hybridized carbons (Fsp3) is 0.500. The smallest absolute Gasteiger partial charge is 0.411 e. The maximum absolute atomic E-state index is 12.6. The van der Waals surface area contributed by atoms with Crippen molar-refractivity contribution in [3.63, 3.8) is 0 Å². The van der Waals surface area contributed by atoms with Gasteiger partial charge in [0.1, 0.15) is 28.7 Å². The highest BCUT2D eigenvalue weighted by atomic mass is 35.5. The van der Waals surface area contributed by atoms with E-state index >= 15 is 0 Å². The summed E-state index contributed by atoms with van der Waals surface area (Å²) in [5, 5.41) is 10.6. The van der Waals surface area contributed by atoms with Gasteiger partial charge in [0.15, 0.2) is 11.5 Å². The summed E-state index contributed by atoms with van der Waals surface area (Å²) >= 11 is 6.16. The van der Waals surface area contributed by atoms with Crippen molar-refractivity contribution in [2.45, 2.75) is 51.4 Å². The van der Waals surface area contributed by atoms with Gasteiger partial charge in [-0.1, -0.05) is 11.6 Å². The third-order valence-electron chi connectivity index (χ3n) is 4.85. The van der Waals surface area contributed by atoms with Gasteiger partial charge < -0.3 is 19.3 Å². The van der Waals surface area contributed by atoms with Crippen LogP contribution in [0.4, 0.5) is 4.79 Å². The van der Waals surface area contributed by atoms with Crippen LogP contribution < -0.4 is 9.47 Å². The van der Waals surface area contributed by atoms with Crippen molar-refractivity contribution < 1.29 is 28.9 Å². The Bertz CT molecular complexity index is 992. The van der Waals surface area contributed by atoms with E-state index in [1.165, 1.54) is 25.3 Å². The molecule has 0 unspecified atom stereocenters. The first-order valence-corrected chi connectivity index (χ1v) is 9.71. The van der Waals surface area contributed by atoms with Crippen molar-refractivity contribution in [2.75, 3.05) is 13.7 Å². The zero-order valence-corrected chi connectivity index (χ0v) is 18.2. The number of carbonyl (C=O) groups is 2. The Kier molecular flexibility index (Phi) is 5.68. The normalized spacial score (nSPS) is 21.5. The summed E-state index contributed by atoms with van der Waals surface area (Å²) in [5.74, 6) is -0.378. The van der Waals surface area contributed by atoms with E-state index in [9.17, 15) is 14.7 Å². The van der Waals surface area contributed by atoms with Crippen molar-refractivity contribution in [1.82, 2.24) is 14.9 Å². The molecule has 2 aromatic rings. The first-order chi connectivity index (χ1) is 13.9. The lowest BCUT2D eigenvalue weighted by atomic mass is 9.98. The molecule has 10 heteroatoms. The molecule has 0 spiro atoms. The molecule has 2 heterocycles. The number of carboxylic acids is 1. The Morgan fingerprint density at radius 2 is 1.97 bits per heavy atom. The lowest BCUT2D eigenvalue weighted by Gasteiger charge is -2.32. The van der Waals surface area contributed by atoms with Gasteiger partial charge in [-0.2, -0.15) is 0 Å². The van der Waals surface area contributed by atoms with Crippen molar-refractivity contribution in [3.05, 3.63) is 23.6 Å². The van der Waals surface area contributed by atoms with E-state index in [0.29, 0.717) is 22.4 Å². The molecular weight excluding hydrogens is 414 g/mol. The average molecular weight is 438 g/mol. The number of hydrogen-bond acceptors (Lipinski definition) is 7. The first-order valence-electron chi connectivity index (χ1n) is 9.33. The minimum atomic E-state index is -1.47. The first kappa shape index (κ1) is 21.9. The average Bonchev–Trinajstić information content (AvgIpc) is 2.98. The highest BCUT2D eigenvalue weighted by Gasteiger charge is 2.52. The molecule has 1 aliphatic heterocycles. The van der Waals surface area contributed by atoms with Crippen LogP contribution >= 0.6 is 11.6 Å². The van der Waals surface area contributed by atoms with Gasteiger partial charge in [-0.05, 0) is 33.8 Å². The number of carboxylic acid groups (broad SMARTS) is 1. The number of ether oxygens (including phenoxy) is 3. The summed E-state index contributed by atoms with van der Waals surface area (Å²) in [6.07, 6.45) is 0.106. The van der Waals surface area contributed by atoms with Crippen molar-refractivity contribution >= 4 is 34.6 Å². The molecule has 1 amide bonds. The number of nitrogens with zero attached hydrogens (tertiary/aromatic N) is 3. The van der Waals surface area contributed by atoms with Crippen LogP contribution in [0.2, 0.25) is 5.15 Å². The molecule has 0 aliphatic carbocycles. The summed E-state index contributed by atoms with van der Waals surface area (Å²) in [4.78, 5) is 33.9. The summed E-state index contributed by atoms with van der Waals surface area (Å²) < 4.78 is 16.9. The van der Waals surface area contributed by atoms with E-state index < -0.39 is 29.3 Å². The number of amides is 1. The number of aromatic nitrogens is 2. The van der Waals surface area contributed by atoms with Gasteiger partial charge in [0.05, 0.1) is 19.2 Å². The maximum atomic E-state index is 12.6. The zero-order valence-electron chi connectivity index (χ0n) is 17.4. The molecule has 1 saturated heterocycles. The van der Waals surface area contributed by atoms with Crippen LogP contribution in [0.3, 0.4) is 0 Å². The molecule has 0 saturated carbocycles. The van der Waals surface area contributed by atoms with Crippen molar-refractivity contribution in [3.8, 4) is 11.5 Å². The van der Waals surface area contributed by atoms with Gasteiger partial charge in [0.25, 0.3) is 0 Å². The molecule has 0 bridgehead atoms. The van der Waals surface area contributed by atoms with E-state index in [2.05, 4.69) is 9.97 Å². The number of halogens is 1. The van der Waals surface area contributed by atoms with Crippen LogP contribution in [-0.2, 0) is 9.53 Å². The largest absolute Gasteiger partial charge is 0.493 e. The van der Waals surface area contributed by atoms with Crippen LogP contribution in [0.15, 0.2) is 18.5 Å². The molecule has 1 N–H and O–H groups in total. The maximum Gasteiger partial charge on any atom is 0.411 e. The number of fused-ring (bicyclic) bond motifs is 1. The van der Waals surface area contributed by atoms with E-state index in [0.717, 1.165) is 0 Å². The van der Waals surface area contributed by atoms with Gasteiger partial charge in [-0.3, -0.25) is 4.90 Å². The standard InChI is InChI=1S/C20H24ClN3O6/c1-19(2,3)30-18(27)24-9-11(8-20(24,4)17(25)26)29-15-6-12-13(7-14(15)28-5)22-10-23-16(12)21/h6-7,10-11H,8-9H2,1-5H3,(H,25,26)/t11-,20+/m0/s1. The van der Waals surface area contributed by atoms with E-state index in [-0.39, 0.29) is 18.1 Å². The van der Waals surface area contributed by atoms with Crippen molar-refractivity contribution in [2.24, 2.45) is 0 Å². The third kappa shape index (κ3) is 4.21. The van der Waals surface area contributed by atoms with Crippen LogP contribution in [0.1, 0.15) is 34.1 Å². The molecule has 162 valence electrons. The molecule has 1 aromatic carbocycles. The van der Waals surface area contributed by atoms with E-state index in [1.807, 2.05) is 0 Å². The summed E-state index contributed by atoms with van der Waals surface area (Å²) in [7, 11) is 1.49. The molecular formula is C20H24ClN3O6.